The van der Waals surface area contributed by atoms with Crippen molar-refractivity contribution in [3.8, 4) is 17.2 Å². The molecule has 0 saturated carbocycles. The van der Waals surface area contributed by atoms with Gasteiger partial charge in [-0.15, -0.1) is 0 Å². The summed E-state index contributed by atoms with van der Waals surface area (Å²) in [6.07, 6.45) is 0. The molecule has 0 aliphatic carbocycles. The van der Waals surface area contributed by atoms with Crippen LogP contribution < -0.4 is 19.9 Å². The number of carbonyl (C=O) groups excluding carboxylic acids is 1. The molecular formula is C10H13NO4. The third-order valence-corrected chi connectivity index (χ3v) is 1.75. The van der Waals surface area contributed by atoms with E-state index in [9.17, 15) is 4.79 Å². The van der Waals surface area contributed by atoms with Gasteiger partial charge in [0.1, 0.15) is 5.75 Å². The molecule has 0 spiro atoms. The monoisotopic (exact) mass is 211 g/mol. The van der Waals surface area contributed by atoms with Crippen molar-refractivity contribution >= 4 is 5.97 Å². The highest BCUT2D eigenvalue weighted by Crippen LogP contribution is 2.30. The van der Waals surface area contributed by atoms with E-state index < -0.39 is 5.97 Å². The van der Waals surface area contributed by atoms with Crippen molar-refractivity contribution in [1.29, 1.82) is 0 Å². The molecule has 0 unspecified atom stereocenters. The Balaban J connectivity index is 2.88. The highest BCUT2D eigenvalue weighted by atomic mass is 16.5. The van der Waals surface area contributed by atoms with Crippen LogP contribution in [0.5, 0.6) is 17.2 Å². The van der Waals surface area contributed by atoms with Crippen molar-refractivity contribution in [2.75, 3.05) is 20.8 Å². The van der Waals surface area contributed by atoms with Crippen LogP contribution in [0.3, 0.4) is 0 Å². The fourth-order valence-electron chi connectivity index (χ4n) is 1.05. The first kappa shape index (κ1) is 11.3. The Hall–Kier alpha value is -1.75. The molecule has 0 radical (unpaired) electrons. The van der Waals surface area contributed by atoms with Gasteiger partial charge in [-0.2, -0.15) is 0 Å². The number of methoxy groups -OCH3 is 2. The second-order valence-corrected chi connectivity index (χ2v) is 2.69. The summed E-state index contributed by atoms with van der Waals surface area (Å²) in [5, 5.41) is 0. The number of rotatable bonds is 4. The summed E-state index contributed by atoms with van der Waals surface area (Å²) < 4.78 is 15.0. The number of carbonyl (C=O) groups is 1. The van der Waals surface area contributed by atoms with Gasteiger partial charge >= 0.3 is 5.97 Å². The van der Waals surface area contributed by atoms with Crippen LogP contribution in [0.1, 0.15) is 0 Å². The van der Waals surface area contributed by atoms with Crippen LogP contribution in [0, 0.1) is 0 Å². The quantitative estimate of drug-likeness (QED) is 0.582. The molecule has 0 fully saturated rings. The maximum Gasteiger partial charge on any atom is 0.325 e. The van der Waals surface area contributed by atoms with Gasteiger partial charge < -0.3 is 19.9 Å². The SMILES string of the molecule is COc1ccc(OC(=O)CN)cc1OC. The Morgan fingerprint density at radius 1 is 1.27 bits per heavy atom. The molecule has 5 nitrogen and oxygen atoms in total. The lowest BCUT2D eigenvalue weighted by Crippen LogP contribution is -2.19. The van der Waals surface area contributed by atoms with Gasteiger partial charge in [0.25, 0.3) is 0 Å². The number of hydrogen-bond donors (Lipinski definition) is 1. The van der Waals surface area contributed by atoms with Crippen molar-refractivity contribution in [2.45, 2.75) is 0 Å². The molecule has 0 saturated heterocycles. The molecule has 0 aromatic heterocycles. The number of benzene rings is 1. The average Bonchev–Trinajstić information content (AvgIpc) is 2.28. The topological polar surface area (TPSA) is 70.8 Å². The van der Waals surface area contributed by atoms with Gasteiger partial charge in [0.15, 0.2) is 11.5 Å². The second-order valence-electron chi connectivity index (χ2n) is 2.69. The van der Waals surface area contributed by atoms with Gasteiger partial charge in [0.05, 0.1) is 20.8 Å². The Bertz CT molecular complexity index is 351. The minimum Gasteiger partial charge on any atom is -0.493 e. The predicted molar refractivity (Wildman–Crippen MR) is 54.2 cm³/mol. The highest BCUT2D eigenvalue weighted by molar-refractivity contribution is 5.74. The molecule has 0 heterocycles. The predicted octanol–water partition coefficient (Wildman–Crippen LogP) is 0.568. The summed E-state index contributed by atoms with van der Waals surface area (Å²) in [5.41, 5.74) is 5.12. The summed E-state index contributed by atoms with van der Waals surface area (Å²) in [6, 6.07) is 4.82. The van der Waals surface area contributed by atoms with E-state index in [1.165, 1.54) is 14.2 Å². The third-order valence-electron chi connectivity index (χ3n) is 1.75. The third kappa shape index (κ3) is 2.85. The molecular weight excluding hydrogens is 198 g/mol. The zero-order valence-corrected chi connectivity index (χ0v) is 8.65. The lowest BCUT2D eigenvalue weighted by molar-refractivity contribution is -0.132. The lowest BCUT2D eigenvalue weighted by atomic mass is 10.3. The maximum absolute atomic E-state index is 10.9. The first-order chi connectivity index (χ1) is 7.21. The van der Waals surface area contributed by atoms with Crippen LogP contribution in [-0.4, -0.2) is 26.7 Å². The van der Waals surface area contributed by atoms with Crippen molar-refractivity contribution in [3.05, 3.63) is 18.2 Å². The lowest BCUT2D eigenvalue weighted by Gasteiger charge is -2.09. The van der Waals surface area contributed by atoms with Crippen LogP contribution in [-0.2, 0) is 4.79 Å². The van der Waals surface area contributed by atoms with Gasteiger partial charge in [0.2, 0.25) is 0 Å². The van der Waals surface area contributed by atoms with Gasteiger partial charge in [-0.1, -0.05) is 0 Å². The van der Waals surface area contributed by atoms with E-state index >= 15 is 0 Å². The molecule has 15 heavy (non-hydrogen) atoms. The molecule has 0 atom stereocenters. The first-order valence-corrected chi connectivity index (χ1v) is 4.34. The van der Waals surface area contributed by atoms with Crippen LogP contribution in [0.4, 0.5) is 0 Å². The fraction of sp³-hybridized carbons (Fsp3) is 0.300. The Labute approximate surface area is 87.7 Å². The largest absolute Gasteiger partial charge is 0.493 e. The highest BCUT2D eigenvalue weighted by Gasteiger charge is 2.07. The minimum absolute atomic E-state index is 0.158. The normalized spacial score (nSPS) is 9.53. The molecule has 0 aliphatic rings. The summed E-state index contributed by atoms with van der Waals surface area (Å²) in [5.74, 6) is 0.954. The van der Waals surface area contributed by atoms with E-state index in [0.29, 0.717) is 17.2 Å². The molecule has 1 aromatic carbocycles. The number of esters is 1. The van der Waals surface area contributed by atoms with Crippen molar-refractivity contribution in [3.63, 3.8) is 0 Å². The van der Waals surface area contributed by atoms with E-state index in [1.807, 2.05) is 0 Å². The number of hydrogen-bond acceptors (Lipinski definition) is 5. The van der Waals surface area contributed by atoms with E-state index in [2.05, 4.69) is 0 Å². The molecule has 1 rings (SSSR count). The summed E-state index contributed by atoms with van der Waals surface area (Å²) in [7, 11) is 3.04. The second kappa shape index (κ2) is 5.21. The van der Waals surface area contributed by atoms with Gasteiger partial charge in [0, 0.05) is 6.07 Å². The average molecular weight is 211 g/mol. The van der Waals surface area contributed by atoms with E-state index in [4.69, 9.17) is 19.9 Å². The summed E-state index contributed by atoms with van der Waals surface area (Å²) in [4.78, 5) is 10.9. The van der Waals surface area contributed by atoms with Gasteiger partial charge in [-0.05, 0) is 12.1 Å². The van der Waals surface area contributed by atoms with Crippen LogP contribution >= 0.6 is 0 Å². The standard InChI is InChI=1S/C10H13NO4/c1-13-8-4-3-7(5-9(8)14-2)15-10(12)6-11/h3-5H,6,11H2,1-2H3. The molecule has 5 heteroatoms. The first-order valence-electron chi connectivity index (χ1n) is 4.34. The zero-order chi connectivity index (χ0) is 11.3. The van der Waals surface area contributed by atoms with Crippen molar-refractivity contribution < 1.29 is 19.0 Å². The van der Waals surface area contributed by atoms with Crippen LogP contribution in [0.2, 0.25) is 0 Å². The van der Waals surface area contributed by atoms with Crippen molar-refractivity contribution in [1.82, 2.24) is 0 Å². The van der Waals surface area contributed by atoms with Gasteiger partial charge in [-0.3, -0.25) is 4.79 Å². The molecule has 2 N–H and O–H groups in total. The van der Waals surface area contributed by atoms with Crippen molar-refractivity contribution in [2.24, 2.45) is 5.73 Å². The molecule has 82 valence electrons. The summed E-state index contributed by atoms with van der Waals surface area (Å²) in [6.45, 7) is -0.158. The Kier molecular flexibility index (Phi) is 3.93. The van der Waals surface area contributed by atoms with Gasteiger partial charge in [-0.25, -0.2) is 0 Å². The van der Waals surface area contributed by atoms with E-state index in [-0.39, 0.29) is 6.54 Å². The minimum atomic E-state index is -0.498. The zero-order valence-electron chi connectivity index (χ0n) is 8.65. The Morgan fingerprint density at radius 3 is 2.47 bits per heavy atom. The molecule has 0 aliphatic heterocycles. The number of nitrogens with two attached hydrogens (primary N) is 1. The smallest absolute Gasteiger partial charge is 0.325 e. The molecule has 0 bridgehead atoms. The van der Waals surface area contributed by atoms with E-state index in [1.54, 1.807) is 18.2 Å². The number of ether oxygens (including phenoxy) is 3. The fourth-order valence-corrected chi connectivity index (χ4v) is 1.05. The van der Waals surface area contributed by atoms with Crippen LogP contribution in [0.15, 0.2) is 18.2 Å². The van der Waals surface area contributed by atoms with Crippen LogP contribution in [0.25, 0.3) is 0 Å². The maximum atomic E-state index is 10.9. The summed E-state index contributed by atoms with van der Waals surface area (Å²) >= 11 is 0. The molecule has 1 aromatic rings. The Morgan fingerprint density at radius 2 is 1.93 bits per heavy atom. The molecule has 0 amide bonds. The van der Waals surface area contributed by atoms with E-state index in [0.717, 1.165) is 0 Å².